The fraction of sp³-hybridized carbons (Fsp3) is 0.353. The highest BCUT2D eigenvalue weighted by molar-refractivity contribution is 6.30. The van der Waals surface area contributed by atoms with E-state index in [4.69, 9.17) is 26.1 Å². The largest absolute Gasteiger partial charge is 0.486 e. The smallest absolute Gasteiger partial charge is 0.313 e. The Bertz CT molecular complexity index is 1520. The predicted octanol–water partition coefficient (Wildman–Crippen LogP) is 7.21. The van der Waals surface area contributed by atoms with Crippen molar-refractivity contribution < 1.29 is 19.4 Å². The molecule has 42 heavy (non-hydrogen) atoms. The molecule has 1 atom stereocenters. The number of nitrogens with one attached hydrogen (secondary N) is 1. The van der Waals surface area contributed by atoms with Gasteiger partial charge in [0.15, 0.2) is 16.7 Å². The van der Waals surface area contributed by atoms with E-state index in [0.717, 1.165) is 64.7 Å². The van der Waals surface area contributed by atoms with Crippen LogP contribution in [-0.4, -0.2) is 33.8 Å². The van der Waals surface area contributed by atoms with Crippen LogP contribution >= 0.6 is 11.6 Å². The van der Waals surface area contributed by atoms with Crippen LogP contribution < -0.4 is 14.8 Å². The molecule has 0 amide bonds. The van der Waals surface area contributed by atoms with E-state index in [9.17, 15) is 9.90 Å². The molecule has 220 valence electrons. The number of imidazole rings is 1. The summed E-state index contributed by atoms with van der Waals surface area (Å²) < 4.78 is 13.9. The standard InChI is InChI=1S/C34H38ClN3O4/c1-4-5-17-38-28(31(35)37-32(38)24-9-7-6-8-10-24)21-27(25-13-16-29-30(20-25)42-19-18-41-29)36-22-23-11-14-26(15-12-23)34(2,3)33(39)40/h6-16,20,27,36H,4-5,17-19,21-22H2,1-3H3,(H,39,40). The van der Waals surface area contributed by atoms with Gasteiger partial charge in [-0.25, -0.2) is 4.98 Å². The number of halogens is 1. The van der Waals surface area contributed by atoms with Gasteiger partial charge in [0.2, 0.25) is 0 Å². The van der Waals surface area contributed by atoms with Crippen LogP contribution in [-0.2, 0) is 29.7 Å². The summed E-state index contributed by atoms with van der Waals surface area (Å²) in [7, 11) is 0. The van der Waals surface area contributed by atoms with E-state index in [1.165, 1.54) is 0 Å². The zero-order valence-electron chi connectivity index (χ0n) is 24.4. The topological polar surface area (TPSA) is 85.6 Å². The molecule has 0 radical (unpaired) electrons. The molecule has 0 saturated heterocycles. The number of unbranched alkanes of at least 4 members (excludes halogenated alkanes) is 1. The SMILES string of the molecule is CCCCn1c(-c2ccccc2)nc(Cl)c1CC(NCc1ccc(C(C)(C)C(=O)O)cc1)c1ccc2c(c1)OCCO2. The van der Waals surface area contributed by atoms with E-state index in [2.05, 4.69) is 35.0 Å². The molecular formula is C34H38ClN3O4. The Morgan fingerprint density at radius 1 is 1.05 bits per heavy atom. The van der Waals surface area contributed by atoms with E-state index >= 15 is 0 Å². The van der Waals surface area contributed by atoms with Crippen LogP contribution in [0, 0.1) is 0 Å². The van der Waals surface area contributed by atoms with Crippen molar-refractivity contribution in [1.29, 1.82) is 0 Å². The van der Waals surface area contributed by atoms with Gasteiger partial charge in [-0.15, -0.1) is 0 Å². The number of benzene rings is 3. The van der Waals surface area contributed by atoms with Crippen molar-refractivity contribution in [3.63, 3.8) is 0 Å². The summed E-state index contributed by atoms with van der Waals surface area (Å²) in [6.45, 7) is 8.08. The number of carboxylic acid groups (broad SMARTS) is 1. The van der Waals surface area contributed by atoms with Gasteiger partial charge in [0.25, 0.3) is 0 Å². The molecule has 2 N–H and O–H groups in total. The highest BCUT2D eigenvalue weighted by atomic mass is 35.5. The molecule has 1 aliphatic heterocycles. The lowest BCUT2D eigenvalue weighted by Gasteiger charge is -2.24. The highest BCUT2D eigenvalue weighted by Gasteiger charge is 2.29. The van der Waals surface area contributed by atoms with E-state index in [1.807, 2.05) is 54.6 Å². The van der Waals surface area contributed by atoms with Crippen molar-refractivity contribution in [2.75, 3.05) is 13.2 Å². The minimum atomic E-state index is -0.955. The van der Waals surface area contributed by atoms with Crippen molar-refractivity contribution >= 4 is 17.6 Å². The second-order valence-electron chi connectivity index (χ2n) is 11.2. The number of hydrogen-bond donors (Lipinski definition) is 2. The van der Waals surface area contributed by atoms with Gasteiger partial charge in [-0.3, -0.25) is 4.79 Å². The van der Waals surface area contributed by atoms with Crippen LogP contribution in [0.15, 0.2) is 72.8 Å². The molecule has 4 aromatic rings. The first-order valence-corrected chi connectivity index (χ1v) is 14.9. The fourth-order valence-electron chi connectivity index (χ4n) is 5.20. The summed E-state index contributed by atoms with van der Waals surface area (Å²) in [4.78, 5) is 16.5. The van der Waals surface area contributed by atoms with Gasteiger partial charge in [0, 0.05) is 31.1 Å². The van der Waals surface area contributed by atoms with Crippen LogP contribution in [0.3, 0.4) is 0 Å². The third-order valence-electron chi connectivity index (χ3n) is 7.92. The third-order valence-corrected chi connectivity index (χ3v) is 8.22. The Morgan fingerprint density at radius 3 is 2.45 bits per heavy atom. The number of carbonyl (C=O) groups is 1. The first-order chi connectivity index (χ1) is 20.3. The second-order valence-corrected chi connectivity index (χ2v) is 11.6. The first-order valence-electron chi connectivity index (χ1n) is 14.5. The van der Waals surface area contributed by atoms with Crippen LogP contribution in [0.4, 0.5) is 0 Å². The number of rotatable bonds is 12. The van der Waals surface area contributed by atoms with Crippen molar-refractivity contribution in [1.82, 2.24) is 14.9 Å². The van der Waals surface area contributed by atoms with E-state index in [0.29, 0.717) is 31.3 Å². The average molecular weight is 588 g/mol. The second kappa shape index (κ2) is 13.0. The number of carboxylic acids is 1. The molecule has 3 aromatic carbocycles. The number of nitrogens with zero attached hydrogens (tertiary/aromatic N) is 2. The Kier molecular flexibility index (Phi) is 9.19. The van der Waals surface area contributed by atoms with Gasteiger partial charge in [-0.1, -0.05) is 85.6 Å². The number of fused-ring (bicyclic) bond motifs is 1. The van der Waals surface area contributed by atoms with Crippen molar-refractivity contribution in [2.45, 2.75) is 64.6 Å². The summed E-state index contributed by atoms with van der Waals surface area (Å²) in [5.74, 6) is 1.51. The molecule has 1 unspecified atom stereocenters. The maximum absolute atomic E-state index is 11.7. The monoisotopic (exact) mass is 587 g/mol. The molecule has 0 bridgehead atoms. The summed E-state index contributed by atoms with van der Waals surface area (Å²) in [5, 5.41) is 13.9. The Balaban J connectivity index is 1.47. The molecule has 1 aliphatic rings. The van der Waals surface area contributed by atoms with E-state index < -0.39 is 11.4 Å². The lowest BCUT2D eigenvalue weighted by Crippen LogP contribution is -2.28. The number of aromatic nitrogens is 2. The van der Waals surface area contributed by atoms with Crippen molar-refractivity contribution in [3.8, 4) is 22.9 Å². The molecular weight excluding hydrogens is 550 g/mol. The molecule has 5 rings (SSSR count). The van der Waals surface area contributed by atoms with Gasteiger partial charge >= 0.3 is 5.97 Å². The molecule has 8 heteroatoms. The third kappa shape index (κ3) is 6.48. The molecule has 1 aromatic heterocycles. The Hall–Kier alpha value is -3.81. The minimum absolute atomic E-state index is 0.103. The number of hydrogen-bond acceptors (Lipinski definition) is 5. The summed E-state index contributed by atoms with van der Waals surface area (Å²) >= 11 is 6.88. The van der Waals surface area contributed by atoms with Crippen molar-refractivity contribution in [2.24, 2.45) is 0 Å². The maximum atomic E-state index is 11.7. The summed E-state index contributed by atoms with van der Waals surface area (Å²) in [5.41, 5.74) is 3.94. The van der Waals surface area contributed by atoms with Crippen LogP contribution in [0.1, 0.15) is 62.0 Å². The summed E-state index contributed by atoms with van der Waals surface area (Å²) in [6.07, 6.45) is 2.69. The van der Waals surface area contributed by atoms with Crippen LogP contribution in [0.25, 0.3) is 11.4 Å². The zero-order chi connectivity index (χ0) is 29.7. The average Bonchev–Trinajstić information content (AvgIpc) is 3.32. The molecule has 2 heterocycles. The molecule has 7 nitrogen and oxygen atoms in total. The fourth-order valence-corrected chi connectivity index (χ4v) is 5.46. The van der Waals surface area contributed by atoms with Gasteiger partial charge in [-0.05, 0) is 49.1 Å². The van der Waals surface area contributed by atoms with E-state index in [1.54, 1.807) is 13.8 Å². The predicted molar refractivity (Wildman–Crippen MR) is 165 cm³/mol. The van der Waals surface area contributed by atoms with Crippen LogP contribution in [0.5, 0.6) is 11.5 Å². The van der Waals surface area contributed by atoms with Gasteiger partial charge in [0.05, 0.1) is 11.1 Å². The first kappa shape index (κ1) is 29.7. The normalized spacial score (nSPS) is 13.6. The Morgan fingerprint density at radius 2 is 1.76 bits per heavy atom. The molecule has 0 spiro atoms. The molecule has 0 saturated carbocycles. The highest BCUT2D eigenvalue weighted by Crippen LogP contribution is 2.35. The quantitative estimate of drug-likeness (QED) is 0.182. The minimum Gasteiger partial charge on any atom is -0.486 e. The Labute approximate surface area is 252 Å². The van der Waals surface area contributed by atoms with Crippen LogP contribution in [0.2, 0.25) is 5.15 Å². The summed E-state index contributed by atoms with van der Waals surface area (Å²) in [6, 6.07) is 23.9. The zero-order valence-corrected chi connectivity index (χ0v) is 25.2. The number of aliphatic carboxylic acids is 1. The maximum Gasteiger partial charge on any atom is 0.313 e. The van der Waals surface area contributed by atoms with Crippen molar-refractivity contribution in [3.05, 3.63) is 100 Å². The lowest BCUT2D eigenvalue weighted by molar-refractivity contribution is -0.142. The lowest BCUT2D eigenvalue weighted by atomic mass is 9.84. The van der Waals surface area contributed by atoms with Gasteiger partial charge < -0.3 is 24.5 Å². The molecule has 0 fully saturated rings. The van der Waals surface area contributed by atoms with Gasteiger partial charge in [-0.2, -0.15) is 0 Å². The molecule has 0 aliphatic carbocycles. The van der Waals surface area contributed by atoms with Gasteiger partial charge in [0.1, 0.15) is 19.0 Å². The number of ether oxygens (including phenoxy) is 2. The van der Waals surface area contributed by atoms with E-state index in [-0.39, 0.29) is 6.04 Å².